The molecule has 1 heterocycles. The lowest BCUT2D eigenvalue weighted by molar-refractivity contribution is 0.393. The molecule has 0 amide bonds. The van der Waals surface area contributed by atoms with Crippen LogP contribution in [0.2, 0.25) is 0 Å². The molecular weight excluding hydrogens is 354 g/mol. The van der Waals surface area contributed by atoms with Gasteiger partial charge in [-0.2, -0.15) is 0 Å². The van der Waals surface area contributed by atoms with Gasteiger partial charge in [0.25, 0.3) is 0 Å². The van der Waals surface area contributed by atoms with E-state index in [9.17, 15) is 0 Å². The van der Waals surface area contributed by atoms with E-state index in [1.807, 2.05) is 13.8 Å². The number of hydrogen-bond acceptors (Lipinski definition) is 2. The molecule has 0 bridgehead atoms. The topological polar surface area (TPSA) is 26.0 Å². The van der Waals surface area contributed by atoms with Crippen molar-refractivity contribution in [3.8, 4) is 11.1 Å². The molecule has 29 heavy (non-hydrogen) atoms. The second-order valence-corrected chi connectivity index (χ2v) is 7.22. The third-order valence-electron chi connectivity index (χ3n) is 5.31. The summed E-state index contributed by atoms with van der Waals surface area (Å²) in [6.45, 7) is 6.19. The van der Waals surface area contributed by atoms with Crippen LogP contribution in [-0.4, -0.2) is 5.16 Å². The van der Waals surface area contributed by atoms with E-state index < -0.39 is 0 Å². The first-order chi connectivity index (χ1) is 14.2. The van der Waals surface area contributed by atoms with E-state index in [0.29, 0.717) is 0 Å². The van der Waals surface area contributed by atoms with Crippen molar-refractivity contribution < 1.29 is 4.52 Å². The van der Waals surface area contributed by atoms with E-state index in [2.05, 4.69) is 97.0 Å². The maximum Gasteiger partial charge on any atom is 0.141 e. The minimum absolute atomic E-state index is 0.855. The van der Waals surface area contributed by atoms with Gasteiger partial charge in [-0.05, 0) is 59.7 Å². The number of nitrogens with zero attached hydrogens (tertiary/aromatic N) is 1. The fourth-order valence-corrected chi connectivity index (χ4v) is 4.01. The van der Waals surface area contributed by atoms with Gasteiger partial charge < -0.3 is 4.52 Å². The number of hydrogen-bond donors (Lipinski definition) is 0. The zero-order valence-corrected chi connectivity index (χ0v) is 17.1. The molecule has 0 saturated carbocycles. The van der Waals surface area contributed by atoms with Crippen molar-refractivity contribution in [1.82, 2.24) is 5.16 Å². The zero-order valence-electron chi connectivity index (χ0n) is 17.1. The summed E-state index contributed by atoms with van der Waals surface area (Å²) in [5.41, 5.74) is 9.46. The molecule has 0 radical (unpaired) electrons. The van der Waals surface area contributed by atoms with Crippen LogP contribution in [0.4, 0.5) is 0 Å². The Balaban J connectivity index is 1.94. The fraction of sp³-hybridized carbons (Fsp3) is 0.148. The Labute approximate surface area is 172 Å². The molecule has 0 aliphatic carbocycles. The van der Waals surface area contributed by atoms with Gasteiger partial charge in [-0.15, -0.1) is 0 Å². The van der Waals surface area contributed by atoms with E-state index in [4.69, 9.17) is 4.52 Å². The van der Waals surface area contributed by atoms with Crippen LogP contribution in [0.15, 0.2) is 89.5 Å². The highest BCUT2D eigenvalue weighted by Crippen LogP contribution is 2.36. The number of aryl methyl sites for hydroxylation is 2. The van der Waals surface area contributed by atoms with Crippen molar-refractivity contribution >= 4 is 11.1 Å². The van der Waals surface area contributed by atoms with Gasteiger partial charge >= 0.3 is 0 Å². The summed E-state index contributed by atoms with van der Waals surface area (Å²) in [6, 6.07) is 30.0. The molecule has 0 N–H and O–H groups in total. The van der Waals surface area contributed by atoms with E-state index in [-0.39, 0.29) is 0 Å². The Morgan fingerprint density at radius 3 is 1.86 bits per heavy atom. The Morgan fingerprint density at radius 2 is 1.34 bits per heavy atom. The first kappa shape index (κ1) is 18.9. The van der Waals surface area contributed by atoms with Crippen molar-refractivity contribution in [3.63, 3.8) is 0 Å². The van der Waals surface area contributed by atoms with Crippen molar-refractivity contribution in [2.24, 2.45) is 0 Å². The Kier molecular flexibility index (Phi) is 5.44. The maximum absolute atomic E-state index is 5.40. The van der Waals surface area contributed by atoms with Crippen LogP contribution in [0.5, 0.6) is 0 Å². The third-order valence-corrected chi connectivity index (χ3v) is 5.31. The zero-order chi connectivity index (χ0) is 20.2. The molecule has 4 aromatic rings. The fourth-order valence-electron chi connectivity index (χ4n) is 4.01. The molecule has 0 saturated heterocycles. The van der Waals surface area contributed by atoms with Gasteiger partial charge in [0.1, 0.15) is 5.76 Å². The first-order valence-electron chi connectivity index (χ1n) is 10.1. The Hall–Kier alpha value is -3.39. The van der Waals surface area contributed by atoms with Crippen molar-refractivity contribution in [3.05, 3.63) is 113 Å². The molecule has 2 heteroatoms. The highest BCUT2D eigenvalue weighted by atomic mass is 16.5. The van der Waals surface area contributed by atoms with Crippen molar-refractivity contribution in [2.45, 2.75) is 27.2 Å². The van der Waals surface area contributed by atoms with Crippen LogP contribution in [0, 0.1) is 13.8 Å². The van der Waals surface area contributed by atoms with E-state index >= 15 is 0 Å². The largest absolute Gasteiger partial charge is 0.361 e. The van der Waals surface area contributed by atoms with Gasteiger partial charge in [-0.3, -0.25) is 0 Å². The van der Waals surface area contributed by atoms with E-state index in [1.165, 1.54) is 27.8 Å². The van der Waals surface area contributed by atoms with Gasteiger partial charge in [0, 0.05) is 5.56 Å². The van der Waals surface area contributed by atoms with Crippen LogP contribution in [0.1, 0.15) is 41.5 Å². The first-order valence-corrected chi connectivity index (χ1v) is 10.1. The number of aromatic nitrogens is 1. The molecule has 1 aromatic heterocycles. The van der Waals surface area contributed by atoms with Gasteiger partial charge in [-0.25, -0.2) is 0 Å². The van der Waals surface area contributed by atoms with Gasteiger partial charge in [0.05, 0.1) is 5.69 Å². The standard InChI is InChI=1S/C27H25NO/c1-4-25(23-16-11-17-24(18-23)26-19(2)28-29-20(26)3)27(21-12-7-5-8-13-21)22-14-9-6-10-15-22/h5-18H,4H2,1-3H3. The molecule has 2 nitrogen and oxygen atoms in total. The molecule has 0 spiro atoms. The molecule has 0 atom stereocenters. The number of benzene rings is 3. The van der Waals surface area contributed by atoms with Gasteiger partial charge in [0.15, 0.2) is 0 Å². The van der Waals surface area contributed by atoms with E-state index in [0.717, 1.165) is 29.0 Å². The van der Waals surface area contributed by atoms with Crippen LogP contribution in [0.25, 0.3) is 22.3 Å². The maximum atomic E-state index is 5.40. The lowest BCUT2D eigenvalue weighted by Gasteiger charge is -2.17. The summed E-state index contributed by atoms with van der Waals surface area (Å²) in [7, 11) is 0. The predicted octanol–water partition coefficient (Wildman–Crippen LogP) is 7.33. The smallest absolute Gasteiger partial charge is 0.141 e. The molecule has 0 aliphatic rings. The van der Waals surface area contributed by atoms with Crippen molar-refractivity contribution in [1.29, 1.82) is 0 Å². The summed E-state index contributed by atoms with van der Waals surface area (Å²) < 4.78 is 5.40. The second-order valence-electron chi connectivity index (χ2n) is 7.22. The summed E-state index contributed by atoms with van der Waals surface area (Å²) in [6.07, 6.45) is 0.935. The summed E-state index contributed by atoms with van der Waals surface area (Å²) in [5.74, 6) is 0.855. The van der Waals surface area contributed by atoms with Crippen molar-refractivity contribution in [2.75, 3.05) is 0 Å². The number of allylic oxidation sites excluding steroid dienone is 1. The third kappa shape index (κ3) is 3.79. The normalized spacial score (nSPS) is 10.7. The molecule has 4 rings (SSSR count). The molecule has 0 fully saturated rings. The summed E-state index contributed by atoms with van der Waals surface area (Å²) in [5, 5.41) is 4.13. The summed E-state index contributed by atoms with van der Waals surface area (Å²) >= 11 is 0. The minimum Gasteiger partial charge on any atom is -0.361 e. The average molecular weight is 380 g/mol. The number of rotatable bonds is 5. The quantitative estimate of drug-likeness (QED) is 0.339. The highest BCUT2D eigenvalue weighted by molar-refractivity contribution is 5.99. The van der Waals surface area contributed by atoms with Crippen LogP contribution < -0.4 is 0 Å². The monoisotopic (exact) mass is 379 g/mol. The molecule has 0 aliphatic heterocycles. The van der Waals surface area contributed by atoms with Crippen LogP contribution in [-0.2, 0) is 0 Å². The summed E-state index contributed by atoms with van der Waals surface area (Å²) in [4.78, 5) is 0. The van der Waals surface area contributed by atoms with Gasteiger partial charge in [0.2, 0.25) is 0 Å². The SMILES string of the molecule is CCC(=C(c1ccccc1)c1ccccc1)c1cccc(-c2c(C)noc2C)c1. The molecule has 0 unspecified atom stereocenters. The highest BCUT2D eigenvalue weighted by Gasteiger charge is 2.15. The molecule has 144 valence electrons. The minimum atomic E-state index is 0.855. The van der Waals surface area contributed by atoms with Crippen LogP contribution in [0.3, 0.4) is 0 Å². The second kappa shape index (κ2) is 8.32. The molecule has 3 aromatic carbocycles. The van der Waals surface area contributed by atoms with Gasteiger partial charge in [-0.1, -0.05) is 90.9 Å². The Bertz CT molecular complexity index is 1080. The van der Waals surface area contributed by atoms with Crippen LogP contribution >= 0.6 is 0 Å². The Morgan fingerprint density at radius 1 is 0.759 bits per heavy atom. The lowest BCUT2D eigenvalue weighted by Crippen LogP contribution is -1.95. The average Bonchev–Trinajstić information content (AvgIpc) is 3.11. The lowest BCUT2D eigenvalue weighted by atomic mass is 9.87. The predicted molar refractivity (Wildman–Crippen MR) is 121 cm³/mol. The van der Waals surface area contributed by atoms with E-state index in [1.54, 1.807) is 0 Å². The molecular formula is C27H25NO.